The molecule has 0 atom stereocenters. The average Bonchev–Trinajstić information content (AvgIpc) is 3.52. The molecule has 0 saturated carbocycles. The topological polar surface area (TPSA) is 65.1 Å². The Morgan fingerprint density at radius 2 is 1.00 bits per heavy atom. The molecule has 6 rings (SSSR count). The molecule has 0 unspecified atom stereocenters. The van der Waals surface area contributed by atoms with Gasteiger partial charge in [-0.2, -0.15) is 11.0 Å². The zero-order chi connectivity index (χ0) is 19.9. The molecule has 0 spiro atoms. The van der Waals surface area contributed by atoms with E-state index in [-0.39, 0.29) is 39.9 Å². The van der Waals surface area contributed by atoms with Crippen LogP contribution in [0.15, 0.2) is 73.3 Å². The molecule has 4 aromatic rings. The van der Waals surface area contributed by atoms with E-state index >= 15 is 0 Å². The van der Waals surface area contributed by atoms with Gasteiger partial charge in [-0.05, 0) is 12.2 Å². The SMILES string of the molecule is C1=Cc2cc3ccc(cn4[cH-]n(cc5ccc(cc6ccc(cc1n2)[n-]6)[n-]5)C=C4)[n-]3.[Gd]. The Balaban J connectivity index is 0.00000204. The Kier molecular flexibility index (Phi) is 5.32. The summed E-state index contributed by atoms with van der Waals surface area (Å²) in [5.74, 6) is 0. The Labute approximate surface area is 210 Å². The van der Waals surface area contributed by atoms with E-state index in [1.807, 2.05) is 107 Å². The maximum atomic E-state index is 4.66. The molecular formula is C24H16GdN6-4. The van der Waals surface area contributed by atoms with Crippen molar-refractivity contribution in [2.24, 2.45) is 0 Å². The molecule has 0 saturated heterocycles. The van der Waals surface area contributed by atoms with Crippen LogP contribution in [0.3, 0.4) is 0 Å². The van der Waals surface area contributed by atoms with Crippen molar-refractivity contribution >= 4 is 57.7 Å². The Hall–Kier alpha value is -3.00. The summed E-state index contributed by atoms with van der Waals surface area (Å²) in [4.78, 5) is 18.6. The number of aromatic nitrogens is 6. The second kappa shape index (κ2) is 8.27. The van der Waals surface area contributed by atoms with Crippen molar-refractivity contribution in [2.45, 2.75) is 0 Å². The molecule has 0 N–H and O–H groups in total. The van der Waals surface area contributed by atoms with Crippen molar-refractivity contribution in [1.82, 2.24) is 29.1 Å². The standard InChI is InChI=1S/C24H16N6.Gd/c1-3-19-12-21-5-7-23(27-21)14-29-9-10-30(16-29)15-24-8-6-22(28-24)13-20-4-2-18(26-20)11-17(1)25-19;/h1-16H;/q-4;. The summed E-state index contributed by atoms with van der Waals surface area (Å²) in [6.45, 7) is 0. The quantitative estimate of drug-likeness (QED) is 0.263. The fourth-order valence-electron chi connectivity index (χ4n) is 3.50. The number of hydrogen-bond donors (Lipinski definition) is 0. The first-order valence-corrected chi connectivity index (χ1v) is 9.62. The summed E-state index contributed by atoms with van der Waals surface area (Å²) in [5.41, 5.74) is 7.02. The van der Waals surface area contributed by atoms with Crippen LogP contribution in [0.5, 0.6) is 0 Å². The number of hydrogen-bond acceptors (Lipinski definition) is 1. The second-order valence-electron chi connectivity index (χ2n) is 7.18. The minimum absolute atomic E-state index is 0. The summed E-state index contributed by atoms with van der Waals surface area (Å²) in [5, 5.41) is 0. The van der Waals surface area contributed by atoms with Crippen LogP contribution in [0.2, 0.25) is 0 Å². The van der Waals surface area contributed by atoms with Crippen LogP contribution < -0.4 is 15.0 Å². The summed E-state index contributed by atoms with van der Waals surface area (Å²) < 4.78 is 3.94. The largest absolute Gasteiger partial charge is 0.663 e. The zero-order valence-electron chi connectivity index (χ0n) is 16.3. The van der Waals surface area contributed by atoms with E-state index < -0.39 is 0 Å². The summed E-state index contributed by atoms with van der Waals surface area (Å²) >= 11 is 0. The van der Waals surface area contributed by atoms with Gasteiger partial charge in [0, 0.05) is 46.3 Å². The van der Waals surface area contributed by atoms with E-state index in [9.17, 15) is 0 Å². The number of rotatable bonds is 0. The Bertz CT molecular complexity index is 1450. The molecule has 0 radical (unpaired) electrons. The second-order valence-corrected chi connectivity index (χ2v) is 7.18. The van der Waals surface area contributed by atoms with Gasteiger partial charge in [0.25, 0.3) is 0 Å². The van der Waals surface area contributed by atoms with Gasteiger partial charge in [0.2, 0.25) is 0 Å². The third-order valence-corrected chi connectivity index (χ3v) is 4.86. The Morgan fingerprint density at radius 1 is 0.581 bits per heavy atom. The van der Waals surface area contributed by atoms with E-state index in [1.165, 1.54) is 0 Å². The fraction of sp³-hybridized carbons (Fsp3) is 0. The van der Waals surface area contributed by atoms with Crippen molar-refractivity contribution in [3.63, 3.8) is 0 Å². The van der Waals surface area contributed by atoms with Crippen molar-refractivity contribution in [3.05, 3.63) is 84.7 Å². The molecule has 2 aliphatic heterocycles. The van der Waals surface area contributed by atoms with E-state index in [1.54, 1.807) is 0 Å². The average molecular weight is 546 g/mol. The van der Waals surface area contributed by atoms with Crippen LogP contribution in [0.1, 0.15) is 11.4 Å². The normalized spacial score (nSPS) is 12.0. The van der Waals surface area contributed by atoms with Gasteiger partial charge >= 0.3 is 0 Å². The van der Waals surface area contributed by atoms with Gasteiger partial charge < -0.3 is 24.1 Å². The molecular weight excluding hydrogens is 530 g/mol. The third-order valence-electron chi connectivity index (χ3n) is 4.86. The van der Waals surface area contributed by atoms with Crippen LogP contribution in [0, 0.1) is 39.9 Å². The maximum absolute atomic E-state index is 4.66. The molecule has 0 aromatic carbocycles. The van der Waals surface area contributed by atoms with E-state index in [4.69, 9.17) is 0 Å². The third kappa shape index (κ3) is 4.39. The van der Waals surface area contributed by atoms with Gasteiger partial charge in [0.05, 0.1) is 11.4 Å². The smallest absolute Gasteiger partial charge is 0.0625 e. The van der Waals surface area contributed by atoms with Crippen molar-refractivity contribution in [3.8, 4) is 0 Å². The molecule has 6 nitrogen and oxygen atoms in total. The predicted molar refractivity (Wildman–Crippen MR) is 120 cm³/mol. The molecule has 0 aliphatic carbocycles. The van der Waals surface area contributed by atoms with Crippen LogP contribution in [-0.2, 0) is 0 Å². The summed E-state index contributed by atoms with van der Waals surface area (Å²) in [6.07, 6.45) is 13.9. The van der Waals surface area contributed by atoms with E-state index in [0.717, 1.165) is 44.5 Å². The molecule has 6 heterocycles. The minimum Gasteiger partial charge on any atom is -0.663 e. The van der Waals surface area contributed by atoms with Crippen LogP contribution in [0.25, 0.3) is 57.7 Å². The predicted octanol–water partition coefficient (Wildman–Crippen LogP) is 4.55. The molecule has 4 aromatic heterocycles. The summed E-state index contributed by atoms with van der Waals surface area (Å²) in [6, 6.07) is 17.9. The first kappa shape index (κ1) is 19.9. The molecule has 2 aliphatic rings. The van der Waals surface area contributed by atoms with E-state index in [2.05, 4.69) is 19.9 Å². The molecule has 7 heteroatoms. The maximum Gasteiger partial charge on any atom is 0.0625 e. The fourth-order valence-corrected chi connectivity index (χ4v) is 3.50. The van der Waals surface area contributed by atoms with Gasteiger partial charge in [0.15, 0.2) is 0 Å². The molecule has 154 valence electrons. The molecule has 0 amide bonds. The zero-order valence-corrected chi connectivity index (χ0v) is 18.5. The van der Waals surface area contributed by atoms with E-state index in [0.29, 0.717) is 0 Å². The monoisotopic (exact) mass is 546 g/mol. The van der Waals surface area contributed by atoms with Crippen LogP contribution in [0.4, 0.5) is 0 Å². The number of fused-ring (bicyclic) bond motifs is 10. The first-order chi connectivity index (χ1) is 14.7. The molecule has 0 fully saturated rings. The first-order valence-electron chi connectivity index (χ1n) is 9.62. The molecule has 10 bridgehead atoms. The Morgan fingerprint density at radius 3 is 1.52 bits per heavy atom. The van der Waals surface area contributed by atoms with Crippen LogP contribution in [-0.4, -0.2) is 14.1 Å². The summed E-state index contributed by atoms with van der Waals surface area (Å²) in [7, 11) is 0. The minimum atomic E-state index is 0. The van der Waals surface area contributed by atoms with Gasteiger partial charge in [0.1, 0.15) is 0 Å². The van der Waals surface area contributed by atoms with Crippen molar-refractivity contribution in [2.75, 3.05) is 0 Å². The van der Waals surface area contributed by atoms with Gasteiger partial charge in [-0.25, -0.2) is 4.98 Å². The molecule has 31 heavy (non-hydrogen) atoms. The van der Waals surface area contributed by atoms with Crippen molar-refractivity contribution < 1.29 is 39.9 Å². The number of nitrogens with zero attached hydrogens (tertiary/aromatic N) is 6. The van der Waals surface area contributed by atoms with Crippen LogP contribution >= 0.6 is 0 Å². The van der Waals surface area contributed by atoms with Gasteiger partial charge in [-0.1, -0.05) is 79.4 Å². The van der Waals surface area contributed by atoms with Gasteiger partial charge in [-0.15, -0.1) is 22.1 Å². The van der Waals surface area contributed by atoms with Crippen molar-refractivity contribution in [1.29, 1.82) is 0 Å². The van der Waals surface area contributed by atoms with Gasteiger partial charge in [-0.3, -0.25) is 0 Å².